The lowest BCUT2D eigenvalue weighted by Crippen LogP contribution is -2.42. The normalized spacial score (nSPS) is 16.4. The standard InChI is InChI=1S/C16H18N6O2S/c17-25(23,24)13-6-8-21(9-7-13)15-10-14(12-4-2-1-3-5-12)20-16-18-11-19-22(15)16/h1-5,10-11,13H,6-9H2,(H2,17,23,24). The number of hydrogen-bond acceptors (Lipinski definition) is 6. The zero-order valence-electron chi connectivity index (χ0n) is 13.5. The maximum Gasteiger partial charge on any atom is 0.254 e. The van der Waals surface area contributed by atoms with Crippen molar-refractivity contribution in [3.05, 3.63) is 42.7 Å². The van der Waals surface area contributed by atoms with Gasteiger partial charge in [0.05, 0.1) is 10.9 Å². The number of nitrogens with two attached hydrogens (primary N) is 1. The minimum Gasteiger partial charge on any atom is -0.356 e. The lowest BCUT2D eigenvalue weighted by molar-refractivity contribution is 0.527. The van der Waals surface area contributed by atoms with Gasteiger partial charge in [-0.25, -0.2) is 18.5 Å². The topological polar surface area (TPSA) is 106 Å². The molecule has 3 heterocycles. The van der Waals surface area contributed by atoms with Gasteiger partial charge in [0, 0.05) is 24.7 Å². The van der Waals surface area contributed by atoms with E-state index in [4.69, 9.17) is 5.14 Å². The van der Waals surface area contributed by atoms with Crippen LogP contribution in [-0.2, 0) is 10.0 Å². The van der Waals surface area contributed by atoms with Crippen LogP contribution in [0.2, 0.25) is 0 Å². The molecule has 0 aliphatic carbocycles. The molecule has 1 aliphatic heterocycles. The van der Waals surface area contributed by atoms with Gasteiger partial charge in [-0.3, -0.25) is 0 Å². The number of hydrogen-bond donors (Lipinski definition) is 1. The molecule has 1 saturated heterocycles. The Kier molecular flexibility index (Phi) is 3.89. The lowest BCUT2D eigenvalue weighted by atomic mass is 10.1. The molecule has 1 aromatic carbocycles. The Morgan fingerprint density at radius 1 is 1.12 bits per heavy atom. The van der Waals surface area contributed by atoms with Gasteiger partial charge in [-0.1, -0.05) is 30.3 Å². The quantitative estimate of drug-likeness (QED) is 0.750. The molecular formula is C16H18N6O2S. The van der Waals surface area contributed by atoms with Gasteiger partial charge in [-0.05, 0) is 12.8 Å². The van der Waals surface area contributed by atoms with E-state index in [1.165, 1.54) is 6.33 Å². The summed E-state index contributed by atoms with van der Waals surface area (Å²) < 4.78 is 24.8. The van der Waals surface area contributed by atoms with Crippen molar-refractivity contribution in [3.8, 4) is 11.3 Å². The van der Waals surface area contributed by atoms with Crippen molar-refractivity contribution in [1.82, 2.24) is 19.6 Å². The van der Waals surface area contributed by atoms with Crippen LogP contribution in [0.25, 0.3) is 17.0 Å². The Bertz CT molecular complexity index is 994. The Morgan fingerprint density at radius 2 is 1.84 bits per heavy atom. The molecule has 0 unspecified atom stereocenters. The molecule has 0 bridgehead atoms. The first-order chi connectivity index (χ1) is 12.0. The summed E-state index contributed by atoms with van der Waals surface area (Å²) in [6, 6.07) is 11.8. The highest BCUT2D eigenvalue weighted by atomic mass is 32.2. The van der Waals surface area contributed by atoms with Crippen LogP contribution in [0.4, 0.5) is 5.82 Å². The zero-order valence-corrected chi connectivity index (χ0v) is 14.3. The molecule has 130 valence electrons. The molecule has 0 saturated carbocycles. The van der Waals surface area contributed by atoms with Gasteiger partial charge in [0.25, 0.3) is 5.78 Å². The minimum atomic E-state index is -3.49. The Morgan fingerprint density at radius 3 is 2.52 bits per heavy atom. The molecule has 1 aliphatic rings. The molecule has 3 aromatic rings. The molecule has 2 N–H and O–H groups in total. The van der Waals surface area contributed by atoms with Gasteiger partial charge in [0.1, 0.15) is 12.1 Å². The smallest absolute Gasteiger partial charge is 0.254 e. The predicted molar refractivity (Wildman–Crippen MR) is 94.6 cm³/mol. The maximum atomic E-state index is 11.6. The van der Waals surface area contributed by atoms with Crippen molar-refractivity contribution in [3.63, 3.8) is 0 Å². The second-order valence-corrected chi connectivity index (χ2v) is 7.96. The second-order valence-electron chi connectivity index (χ2n) is 6.11. The van der Waals surface area contributed by atoms with Crippen LogP contribution < -0.4 is 10.0 Å². The number of anilines is 1. The Hall–Kier alpha value is -2.52. The molecule has 1 fully saturated rings. The van der Waals surface area contributed by atoms with Gasteiger partial charge in [0.2, 0.25) is 10.0 Å². The number of sulfonamides is 1. The minimum absolute atomic E-state index is 0.481. The molecule has 0 atom stereocenters. The molecular weight excluding hydrogens is 340 g/mol. The van der Waals surface area contributed by atoms with Gasteiger partial charge < -0.3 is 4.90 Å². The Labute approximate surface area is 145 Å². The van der Waals surface area contributed by atoms with Crippen LogP contribution in [0.3, 0.4) is 0 Å². The first kappa shape index (κ1) is 16.0. The third-order valence-electron chi connectivity index (χ3n) is 4.53. The average molecular weight is 358 g/mol. The van der Waals surface area contributed by atoms with Gasteiger partial charge in [-0.15, -0.1) is 0 Å². The van der Waals surface area contributed by atoms with E-state index in [1.807, 2.05) is 36.4 Å². The van der Waals surface area contributed by atoms with Gasteiger partial charge in [0.15, 0.2) is 0 Å². The molecule has 25 heavy (non-hydrogen) atoms. The Balaban J connectivity index is 1.71. The highest BCUT2D eigenvalue weighted by molar-refractivity contribution is 7.89. The van der Waals surface area contributed by atoms with Crippen molar-refractivity contribution in [1.29, 1.82) is 0 Å². The summed E-state index contributed by atoms with van der Waals surface area (Å²) >= 11 is 0. The van der Waals surface area contributed by atoms with Crippen molar-refractivity contribution in [2.75, 3.05) is 18.0 Å². The molecule has 4 rings (SSSR count). The van der Waals surface area contributed by atoms with Crippen LogP contribution in [0.1, 0.15) is 12.8 Å². The highest BCUT2D eigenvalue weighted by Gasteiger charge is 2.28. The number of benzene rings is 1. The summed E-state index contributed by atoms with van der Waals surface area (Å²) in [5.41, 5.74) is 1.80. The molecule has 0 radical (unpaired) electrons. The van der Waals surface area contributed by atoms with E-state index in [-0.39, 0.29) is 0 Å². The van der Waals surface area contributed by atoms with Gasteiger partial charge in [-0.2, -0.15) is 14.6 Å². The largest absolute Gasteiger partial charge is 0.356 e. The van der Waals surface area contributed by atoms with Crippen LogP contribution in [0.5, 0.6) is 0 Å². The summed E-state index contributed by atoms with van der Waals surface area (Å²) in [5.74, 6) is 1.37. The maximum absolute atomic E-state index is 11.6. The number of aromatic nitrogens is 4. The summed E-state index contributed by atoms with van der Waals surface area (Å²) in [5, 5.41) is 9.06. The van der Waals surface area contributed by atoms with E-state index < -0.39 is 15.3 Å². The van der Waals surface area contributed by atoms with E-state index in [9.17, 15) is 8.42 Å². The van der Waals surface area contributed by atoms with Crippen LogP contribution in [-0.4, -0.2) is 46.3 Å². The third-order valence-corrected chi connectivity index (χ3v) is 5.93. The van der Waals surface area contributed by atoms with Crippen LogP contribution >= 0.6 is 0 Å². The van der Waals surface area contributed by atoms with E-state index in [0.717, 1.165) is 17.1 Å². The van der Waals surface area contributed by atoms with Crippen molar-refractivity contribution in [2.24, 2.45) is 5.14 Å². The monoisotopic (exact) mass is 358 g/mol. The molecule has 9 heteroatoms. The lowest BCUT2D eigenvalue weighted by Gasteiger charge is -2.32. The van der Waals surface area contributed by atoms with E-state index >= 15 is 0 Å². The third kappa shape index (κ3) is 3.08. The number of primary sulfonamides is 1. The average Bonchev–Trinajstić information content (AvgIpc) is 3.09. The van der Waals surface area contributed by atoms with E-state index in [2.05, 4.69) is 20.0 Å². The number of fused-ring (bicyclic) bond motifs is 1. The molecule has 2 aromatic heterocycles. The first-order valence-electron chi connectivity index (χ1n) is 8.05. The fraction of sp³-hybridized carbons (Fsp3) is 0.312. The van der Waals surface area contributed by atoms with Gasteiger partial charge >= 0.3 is 0 Å². The molecule has 8 nitrogen and oxygen atoms in total. The fourth-order valence-corrected chi connectivity index (χ4v) is 4.06. The zero-order chi connectivity index (χ0) is 17.4. The van der Waals surface area contributed by atoms with Crippen LogP contribution in [0, 0.1) is 0 Å². The van der Waals surface area contributed by atoms with Crippen molar-refractivity contribution < 1.29 is 8.42 Å². The summed E-state index contributed by atoms with van der Waals surface area (Å²) in [6.45, 7) is 1.18. The fourth-order valence-electron chi connectivity index (χ4n) is 3.19. The SMILES string of the molecule is NS(=O)(=O)C1CCN(c2cc(-c3ccccc3)nc3ncnn23)CC1. The second kappa shape index (κ2) is 6.08. The first-order valence-corrected chi connectivity index (χ1v) is 9.66. The van der Waals surface area contributed by atoms with E-state index in [0.29, 0.717) is 31.7 Å². The summed E-state index contributed by atoms with van der Waals surface area (Å²) in [4.78, 5) is 10.9. The van der Waals surface area contributed by atoms with Crippen molar-refractivity contribution in [2.45, 2.75) is 18.1 Å². The highest BCUT2D eigenvalue weighted by Crippen LogP contribution is 2.26. The number of rotatable bonds is 3. The summed E-state index contributed by atoms with van der Waals surface area (Å²) in [7, 11) is -3.49. The summed E-state index contributed by atoms with van der Waals surface area (Å²) in [6.07, 6.45) is 2.47. The molecule has 0 amide bonds. The van der Waals surface area contributed by atoms with Crippen molar-refractivity contribution >= 4 is 21.6 Å². The number of nitrogens with zero attached hydrogens (tertiary/aromatic N) is 5. The predicted octanol–water partition coefficient (Wildman–Crippen LogP) is 1.05. The van der Waals surface area contributed by atoms with E-state index in [1.54, 1.807) is 4.52 Å². The van der Waals surface area contributed by atoms with Crippen LogP contribution in [0.15, 0.2) is 42.7 Å². The number of piperidine rings is 1. The molecule has 0 spiro atoms.